The molecule has 3 aromatic heterocycles. The molecule has 0 amide bonds. The summed E-state index contributed by atoms with van der Waals surface area (Å²) in [5.41, 5.74) is 4.30. The van der Waals surface area contributed by atoms with Crippen LogP contribution in [0.5, 0.6) is 0 Å². The third-order valence-electron chi connectivity index (χ3n) is 6.56. The molecule has 5 aromatic rings. The molecule has 0 saturated heterocycles. The third-order valence-corrected chi connectivity index (χ3v) is 7.32. The number of ether oxygens (including phenoxy) is 1. The monoisotopic (exact) mass is 562 g/mol. The summed E-state index contributed by atoms with van der Waals surface area (Å²) >= 11 is 3.74. The smallest absolute Gasteiger partial charge is 0.357 e. The highest BCUT2D eigenvalue weighted by Crippen LogP contribution is 2.42. The van der Waals surface area contributed by atoms with E-state index in [4.69, 9.17) is 9.15 Å². The van der Waals surface area contributed by atoms with Crippen molar-refractivity contribution in [2.75, 3.05) is 0 Å². The molecule has 0 aliphatic rings. The molecule has 0 aliphatic carbocycles. The van der Waals surface area contributed by atoms with E-state index in [0.29, 0.717) is 28.6 Å². The quantitative estimate of drug-likeness (QED) is 0.216. The SMILES string of the molecule is CCc1nc(C)c(C(=O)OCc2cccc3oc(-c4ccccc4-c4nn[nH]n4)c(Br)c23)n1C(C)CC. The molecule has 0 bridgehead atoms. The largest absolute Gasteiger partial charge is 0.456 e. The lowest BCUT2D eigenvalue weighted by Crippen LogP contribution is -2.17. The van der Waals surface area contributed by atoms with E-state index in [-0.39, 0.29) is 18.6 Å². The van der Waals surface area contributed by atoms with E-state index in [2.05, 4.69) is 55.4 Å². The van der Waals surface area contributed by atoms with Gasteiger partial charge < -0.3 is 13.7 Å². The second-order valence-corrected chi connectivity index (χ2v) is 9.63. The van der Waals surface area contributed by atoms with Crippen molar-refractivity contribution in [2.45, 2.75) is 53.2 Å². The van der Waals surface area contributed by atoms with E-state index in [1.807, 2.05) is 60.9 Å². The molecule has 9 nitrogen and oxygen atoms in total. The third kappa shape index (κ3) is 4.46. The number of aromatic nitrogens is 6. The number of hydrogen-bond donors (Lipinski definition) is 1. The molecule has 0 spiro atoms. The molecule has 37 heavy (non-hydrogen) atoms. The van der Waals surface area contributed by atoms with E-state index in [1.165, 1.54) is 0 Å². The molecule has 3 heterocycles. The van der Waals surface area contributed by atoms with Crippen molar-refractivity contribution < 1.29 is 13.9 Å². The van der Waals surface area contributed by atoms with Gasteiger partial charge in [0.25, 0.3) is 0 Å². The highest BCUT2D eigenvalue weighted by Gasteiger charge is 2.25. The van der Waals surface area contributed by atoms with Gasteiger partial charge in [0, 0.05) is 34.5 Å². The fourth-order valence-electron chi connectivity index (χ4n) is 4.59. The molecule has 5 rings (SSSR count). The first kappa shape index (κ1) is 24.9. The van der Waals surface area contributed by atoms with E-state index in [9.17, 15) is 4.79 Å². The Labute approximate surface area is 222 Å². The van der Waals surface area contributed by atoms with Crippen LogP contribution in [0.2, 0.25) is 0 Å². The van der Waals surface area contributed by atoms with Crippen molar-refractivity contribution in [1.29, 1.82) is 0 Å². The number of imidazole rings is 1. The van der Waals surface area contributed by atoms with Crippen molar-refractivity contribution in [2.24, 2.45) is 0 Å². The topological polar surface area (TPSA) is 112 Å². The number of aryl methyl sites for hydroxylation is 2. The van der Waals surface area contributed by atoms with Crippen LogP contribution in [0.25, 0.3) is 33.7 Å². The molecule has 10 heteroatoms. The lowest BCUT2D eigenvalue weighted by molar-refractivity contribution is 0.0458. The number of furan rings is 1. The van der Waals surface area contributed by atoms with Gasteiger partial charge in [0.2, 0.25) is 5.82 Å². The zero-order valence-corrected chi connectivity index (χ0v) is 22.7. The maximum absolute atomic E-state index is 13.3. The molecular weight excluding hydrogens is 536 g/mol. The van der Waals surface area contributed by atoms with Gasteiger partial charge in [-0.1, -0.05) is 50.2 Å². The van der Waals surface area contributed by atoms with Gasteiger partial charge in [0.15, 0.2) is 5.69 Å². The van der Waals surface area contributed by atoms with Crippen molar-refractivity contribution in [3.63, 3.8) is 0 Å². The number of rotatable bonds is 8. The van der Waals surface area contributed by atoms with Gasteiger partial charge in [0.05, 0.1) is 10.2 Å². The number of aromatic amines is 1. The van der Waals surface area contributed by atoms with Crippen LogP contribution in [0.4, 0.5) is 0 Å². The van der Waals surface area contributed by atoms with E-state index >= 15 is 0 Å². The van der Waals surface area contributed by atoms with Gasteiger partial charge in [-0.3, -0.25) is 0 Å². The normalized spacial score (nSPS) is 12.2. The minimum Gasteiger partial charge on any atom is -0.456 e. The maximum atomic E-state index is 13.3. The average Bonchev–Trinajstić information content (AvgIpc) is 3.65. The number of benzene rings is 2. The predicted molar refractivity (Wildman–Crippen MR) is 143 cm³/mol. The van der Waals surface area contributed by atoms with Gasteiger partial charge in [-0.25, -0.2) is 9.78 Å². The molecule has 1 unspecified atom stereocenters. The number of carbonyl (C=O) groups excluding carboxylic acids is 1. The first-order valence-electron chi connectivity index (χ1n) is 12.2. The molecule has 0 saturated carbocycles. The number of halogens is 1. The van der Waals surface area contributed by atoms with Crippen LogP contribution >= 0.6 is 15.9 Å². The summed E-state index contributed by atoms with van der Waals surface area (Å²) in [6.07, 6.45) is 1.63. The Hall–Kier alpha value is -3.79. The molecule has 2 aromatic carbocycles. The molecule has 0 fully saturated rings. The highest BCUT2D eigenvalue weighted by molar-refractivity contribution is 9.10. The van der Waals surface area contributed by atoms with E-state index < -0.39 is 0 Å². The first-order valence-corrected chi connectivity index (χ1v) is 13.0. The summed E-state index contributed by atoms with van der Waals surface area (Å²) in [4.78, 5) is 17.9. The van der Waals surface area contributed by atoms with Crippen molar-refractivity contribution >= 4 is 32.9 Å². The standard InChI is InChI=1S/C27H27BrN6O3/c1-5-15(3)34-21(6-2)29-16(4)24(34)27(35)36-14-17-10-9-13-20-22(17)23(28)25(37-20)18-11-7-8-12-19(18)26-30-32-33-31-26/h7-13,15H,5-6,14H2,1-4H3,(H,30,31,32,33). The van der Waals surface area contributed by atoms with Gasteiger partial charge in [-0.05, 0) is 47.5 Å². The minimum atomic E-state index is -0.385. The summed E-state index contributed by atoms with van der Waals surface area (Å²) in [6.45, 7) is 8.18. The number of tetrazole rings is 1. The number of esters is 1. The number of hydrogen-bond acceptors (Lipinski definition) is 7. The fraction of sp³-hybridized carbons (Fsp3) is 0.296. The number of H-pyrrole nitrogens is 1. The van der Waals surface area contributed by atoms with Crippen LogP contribution in [0.1, 0.15) is 60.8 Å². The lowest BCUT2D eigenvalue weighted by atomic mass is 10.0. The zero-order valence-electron chi connectivity index (χ0n) is 21.1. The van der Waals surface area contributed by atoms with E-state index in [1.54, 1.807) is 0 Å². The van der Waals surface area contributed by atoms with E-state index in [0.717, 1.165) is 45.2 Å². The van der Waals surface area contributed by atoms with Crippen LogP contribution in [0.15, 0.2) is 51.4 Å². The number of nitrogens with one attached hydrogen (secondary N) is 1. The minimum absolute atomic E-state index is 0.0901. The Morgan fingerprint density at radius 2 is 1.95 bits per heavy atom. The molecule has 1 N–H and O–H groups in total. The Morgan fingerprint density at radius 1 is 1.16 bits per heavy atom. The maximum Gasteiger partial charge on any atom is 0.357 e. The summed E-state index contributed by atoms with van der Waals surface area (Å²) in [5.74, 6) is 1.61. The van der Waals surface area contributed by atoms with Crippen molar-refractivity contribution in [3.8, 4) is 22.7 Å². The molecule has 0 aliphatic heterocycles. The van der Waals surface area contributed by atoms with Crippen LogP contribution < -0.4 is 0 Å². The second kappa shape index (κ2) is 10.3. The van der Waals surface area contributed by atoms with Gasteiger partial charge in [0.1, 0.15) is 23.8 Å². The summed E-state index contributed by atoms with van der Waals surface area (Å²) in [5, 5.41) is 15.3. The van der Waals surface area contributed by atoms with Crippen LogP contribution in [0.3, 0.4) is 0 Å². The Bertz CT molecular complexity index is 1570. The Balaban J connectivity index is 1.49. The molecule has 1 atom stereocenters. The summed E-state index contributed by atoms with van der Waals surface area (Å²) in [6, 6.07) is 13.5. The zero-order chi connectivity index (χ0) is 26.1. The predicted octanol–water partition coefficient (Wildman–Crippen LogP) is 6.44. The van der Waals surface area contributed by atoms with Crippen LogP contribution in [-0.2, 0) is 17.8 Å². The molecule has 0 radical (unpaired) electrons. The second-order valence-electron chi connectivity index (χ2n) is 8.84. The fourth-order valence-corrected chi connectivity index (χ4v) is 5.34. The lowest BCUT2D eigenvalue weighted by Gasteiger charge is -2.17. The van der Waals surface area contributed by atoms with Gasteiger partial charge >= 0.3 is 5.97 Å². The Kier molecular flexibility index (Phi) is 6.92. The van der Waals surface area contributed by atoms with Gasteiger partial charge in [-0.15, -0.1) is 10.2 Å². The highest BCUT2D eigenvalue weighted by atomic mass is 79.9. The summed E-state index contributed by atoms with van der Waals surface area (Å²) < 4.78 is 14.9. The average molecular weight is 563 g/mol. The summed E-state index contributed by atoms with van der Waals surface area (Å²) in [7, 11) is 0. The molecule has 190 valence electrons. The van der Waals surface area contributed by atoms with Crippen LogP contribution in [-0.4, -0.2) is 36.1 Å². The Morgan fingerprint density at radius 3 is 2.65 bits per heavy atom. The number of carbonyl (C=O) groups is 1. The van der Waals surface area contributed by atoms with Crippen molar-refractivity contribution in [3.05, 3.63) is 69.7 Å². The number of fused-ring (bicyclic) bond motifs is 1. The first-order chi connectivity index (χ1) is 17.9. The molecular formula is C27H27BrN6O3. The number of nitrogens with zero attached hydrogens (tertiary/aromatic N) is 5. The van der Waals surface area contributed by atoms with Gasteiger partial charge in [-0.2, -0.15) is 5.21 Å². The van der Waals surface area contributed by atoms with Crippen molar-refractivity contribution in [1.82, 2.24) is 30.2 Å². The van der Waals surface area contributed by atoms with Crippen LogP contribution in [0, 0.1) is 6.92 Å².